The number of aryl methyl sites for hydroxylation is 1. The van der Waals surface area contributed by atoms with E-state index in [9.17, 15) is 23.5 Å². The number of amides is 1. The monoisotopic (exact) mass is 333 g/mol. The van der Waals surface area contributed by atoms with E-state index in [4.69, 9.17) is 0 Å². The molecule has 126 valence electrons. The van der Waals surface area contributed by atoms with E-state index in [0.29, 0.717) is 12.5 Å². The lowest BCUT2D eigenvalue weighted by atomic mass is 10.0. The summed E-state index contributed by atoms with van der Waals surface area (Å²) in [5.74, 6) is -3.34. The standard InChI is InChI=1S/C18H17F2NO3/c19-14-8-7-13(15(20)11-14)10-17(22)21-16(18(23)24)9-6-12-4-2-1-3-5-12/h1-5,7-8,11,16H,6,9-10H2,(H,21,22)(H,23,24)/t16-/m1/s1. The van der Waals surface area contributed by atoms with Crippen molar-refractivity contribution in [1.29, 1.82) is 0 Å². The Morgan fingerprint density at radius 2 is 1.79 bits per heavy atom. The summed E-state index contributed by atoms with van der Waals surface area (Å²) < 4.78 is 26.4. The topological polar surface area (TPSA) is 66.4 Å². The molecule has 0 unspecified atom stereocenters. The van der Waals surface area contributed by atoms with Crippen molar-refractivity contribution in [3.8, 4) is 0 Å². The van der Waals surface area contributed by atoms with E-state index in [1.807, 2.05) is 30.3 Å². The van der Waals surface area contributed by atoms with E-state index in [0.717, 1.165) is 11.6 Å². The van der Waals surface area contributed by atoms with Gasteiger partial charge < -0.3 is 10.4 Å². The fraction of sp³-hybridized carbons (Fsp3) is 0.222. The average molecular weight is 333 g/mol. The lowest BCUT2D eigenvalue weighted by molar-refractivity contribution is -0.141. The second kappa shape index (κ2) is 8.19. The Kier molecular flexibility index (Phi) is 6.01. The van der Waals surface area contributed by atoms with Crippen LogP contribution in [0.1, 0.15) is 17.5 Å². The van der Waals surface area contributed by atoms with Crippen LogP contribution < -0.4 is 5.32 Å². The summed E-state index contributed by atoms with van der Waals surface area (Å²) in [5.41, 5.74) is 0.976. The normalized spacial score (nSPS) is 11.8. The van der Waals surface area contributed by atoms with Crippen molar-refractivity contribution in [3.63, 3.8) is 0 Å². The minimum absolute atomic E-state index is 0.0149. The highest BCUT2D eigenvalue weighted by Gasteiger charge is 2.20. The van der Waals surface area contributed by atoms with E-state index < -0.39 is 29.6 Å². The smallest absolute Gasteiger partial charge is 0.326 e. The van der Waals surface area contributed by atoms with Crippen molar-refractivity contribution in [2.75, 3.05) is 0 Å². The summed E-state index contributed by atoms with van der Waals surface area (Å²) in [6.45, 7) is 0. The molecule has 2 aromatic rings. The third-order valence-corrected chi connectivity index (χ3v) is 3.56. The molecule has 0 aliphatic rings. The van der Waals surface area contributed by atoms with Crippen molar-refractivity contribution in [2.45, 2.75) is 25.3 Å². The highest BCUT2D eigenvalue weighted by Crippen LogP contribution is 2.11. The van der Waals surface area contributed by atoms with Gasteiger partial charge in [-0.2, -0.15) is 0 Å². The number of nitrogens with one attached hydrogen (secondary N) is 1. The lowest BCUT2D eigenvalue weighted by Crippen LogP contribution is -2.41. The van der Waals surface area contributed by atoms with Gasteiger partial charge in [0.1, 0.15) is 17.7 Å². The third-order valence-electron chi connectivity index (χ3n) is 3.56. The van der Waals surface area contributed by atoms with Crippen LogP contribution in [-0.2, 0) is 22.4 Å². The summed E-state index contributed by atoms with van der Waals surface area (Å²) >= 11 is 0. The number of rotatable bonds is 7. The fourth-order valence-corrected chi connectivity index (χ4v) is 2.30. The lowest BCUT2D eigenvalue weighted by Gasteiger charge is -2.15. The third kappa shape index (κ3) is 5.15. The number of aliphatic carboxylic acids is 1. The number of carboxylic acids is 1. The summed E-state index contributed by atoms with van der Waals surface area (Å²) in [6.07, 6.45) is 0.362. The molecule has 24 heavy (non-hydrogen) atoms. The molecule has 6 heteroatoms. The van der Waals surface area contributed by atoms with Gasteiger partial charge in [-0.3, -0.25) is 4.79 Å². The largest absolute Gasteiger partial charge is 0.480 e. The van der Waals surface area contributed by atoms with Crippen LogP contribution in [-0.4, -0.2) is 23.0 Å². The average Bonchev–Trinajstić information content (AvgIpc) is 2.55. The summed E-state index contributed by atoms with van der Waals surface area (Å²) in [7, 11) is 0. The fourth-order valence-electron chi connectivity index (χ4n) is 2.30. The molecule has 0 radical (unpaired) electrons. The first-order chi connectivity index (χ1) is 11.5. The SMILES string of the molecule is O=C(Cc1ccc(F)cc1F)N[C@H](CCc1ccccc1)C(=O)O. The van der Waals surface area contributed by atoms with E-state index in [1.165, 1.54) is 6.07 Å². The van der Waals surface area contributed by atoms with Crippen LogP contribution in [0.5, 0.6) is 0 Å². The highest BCUT2D eigenvalue weighted by molar-refractivity contribution is 5.84. The molecule has 0 aromatic heterocycles. The first kappa shape index (κ1) is 17.6. The number of carbonyl (C=O) groups excluding carboxylic acids is 1. The predicted octanol–water partition coefficient (Wildman–Crippen LogP) is 2.71. The Hall–Kier alpha value is -2.76. The van der Waals surface area contributed by atoms with Gasteiger partial charge in [-0.05, 0) is 30.0 Å². The molecule has 0 aliphatic carbocycles. The minimum atomic E-state index is -1.15. The molecule has 1 atom stereocenters. The number of hydrogen-bond donors (Lipinski definition) is 2. The maximum atomic E-state index is 13.5. The van der Waals surface area contributed by atoms with Crippen LogP contribution >= 0.6 is 0 Å². The number of carboxylic acid groups (broad SMARTS) is 1. The molecule has 0 saturated heterocycles. The first-order valence-electron chi connectivity index (χ1n) is 7.45. The van der Waals surface area contributed by atoms with Gasteiger partial charge in [-0.15, -0.1) is 0 Å². The number of halogens is 2. The molecular formula is C18H17F2NO3. The van der Waals surface area contributed by atoms with Crippen LogP contribution in [0.25, 0.3) is 0 Å². The van der Waals surface area contributed by atoms with Crippen LogP contribution in [0.3, 0.4) is 0 Å². The Labute approximate surface area is 138 Å². The van der Waals surface area contributed by atoms with Crippen molar-refractivity contribution < 1.29 is 23.5 Å². The minimum Gasteiger partial charge on any atom is -0.480 e. The van der Waals surface area contributed by atoms with Crippen molar-refractivity contribution in [3.05, 3.63) is 71.3 Å². The first-order valence-corrected chi connectivity index (χ1v) is 7.45. The zero-order valence-corrected chi connectivity index (χ0v) is 12.8. The van der Waals surface area contributed by atoms with E-state index in [1.54, 1.807) is 0 Å². The number of hydrogen-bond acceptors (Lipinski definition) is 2. The van der Waals surface area contributed by atoms with Crippen molar-refractivity contribution >= 4 is 11.9 Å². The van der Waals surface area contributed by atoms with Gasteiger partial charge in [0.05, 0.1) is 6.42 Å². The second-order valence-electron chi connectivity index (χ2n) is 5.40. The van der Waals surface area contributed by atoms with Gasteiger partial charge >= 0.3 is 5.97 Å². The highest BCUT2D eigenvalue weighted by atomic mass is 19.1. The Bertz CT molecular complexity index is 719. The molecular weight excluding hydrogens is 316 g/mol. The van der Waals surface area contributed by atoms with Gasteiger partial charge in [0.15, 0.2) is 0 Å². The molecule has 2 N–H and O–H groups in total. The van der Waals surface area contributed by atoms with E-state index >= 15 is 0 Å². The summed E-state index contributed by atoms with van der Waals surface area (Å²) in [6, 6.07) is 11.1. The van der Waals surface area contributed by atoms with E-state index in [2.05, 4.69) is 5.32 Å². The van der Waals surface area contributed by atoms with Crippen LogP contribution in [0.2, 0.25) is 0 Å². The molecule has 1 amide bonds. The summed E-state index contributed by atoms with van der Waals surface area (Å²) in [5, 5.41) is 11.6. The van der Waals surface area contributed by atoms with Crippen LogP contribution in [0.4, 0.5) is 8.78 Å². The van der Waals surface area contributed by atoms with Gasteiger partial charge in [0, 0.05) is 6.07 Å². The van der Waals surface area contributed by atoms with Crippen LogP contribution in [0, 0.1) is 11.6 Å². The predicted molar refractivity (Wildman–Crippen MR) is 84.4 cm³/mol. The quantitative estimate of drug-likeness (QED) is 0.819. The van der Waals surface area contributed by atoms with Crippen molar-refractivity contribution in [2.24, 2.45) is 0 Å². The zero-order chi connectivity index (χ0) is 17.5. The number of carbonyl (C=O) groups is 2. The van der Waals surface area contributed by atoms with Gasteiger partial charge in [-0.25, -0.2) is 13.6 Å². The molecule has 0 aliphatic heterocycles. The molecule has 2 aromatic carbocycles. The Morgan fingerprint density at radius 3 is 2.42 bits per heavy atom. The van der Waals surface area contributed by atoms with Gasteiger partial charge in [0.2, 0.25) is 5.91 Å². The van der Waals surface area contributed by atoms with Gasteiger partial charge in [0.25, 0.3) is 0 Å². The maximum Gasteiger partial charge on any atom is 0.326 e. The van der Waals surface area contributed by atoms with Gasteiger partial charge in [-0.1, -0.05) is 36.4 Å². The Balaban J connectivity index is 1.94. The molecule has 0 spiro atoms. The summed E-state index contributed by atoms with van der Waals surface area (Å²) in [4.78, 5) is 23.2. The van der Waals surface area contributed by atoms with E-state index in [-0.39, 0.29) is 18.4 Å². The molecule has 0 heterocycles. The molecule has 0 bridgehead atoms. The number of benzene rings is 2. The molecule has 0 saturated carbocycles. The second-order valence-corrected chi connectivity index (χ2v) is 5.40. The molecule has 0 fully saturated rings. The van der Waals surface area contributed by atoms with Crippen LogP contribution in [0.15, 0.2) is 48.5 Å². The molecule has 4 nitrogen and oxygen atoms in total. The zero-order valence-electron chi connectivity index (χ0n) is 12.8. The maximum absolute atomic E-state index is 13.5. The molecule has 2 rings (SSSR count). The Morgan fingerprint density at radius 1 is 1.08 bits per heavy atom. The van der Waals surface area contributed by atoms with Crippen molar-refractivity contribution in [1.82, 2.24) is 5.32 Å².